The van der Waals surface area contributed by atoms with Gasteiger partial charge >= 0.3 is 11.8 Å². The highest BCUT2D eigenvalue weighted by Crippen LogP contribution is 2.18. The zero-order valence-electron chi connectivity index (χ0n) is 14.3. The average Bonchev–Trinajstić information content (AvgIpc) is 2.60. The first-order chi connectivity index (χ1) is 11.8. The zero-order valence-corrected chi connectivity index (χ0v) is 15.1. The Morgan fingerprint density at radius 1 is 1.16 bits per heavy atom. The van der Waals surface area contributed by atoms with Crippen molar-refractivity contribution >= 4 is 27.5 Å². The number of ether oxygens (including phenoxy) is 1. The van der Waals surface area contributed by atoms with Crippen molar-refractivity contribution in [3.05, 3.63) is 24.3 Å². The molecule has 25 heavy (non-hydrogen) atoms. The van der Waals surface area contributed by atoms with Gasteiger partial charge in [0.15, 0.2) is 0 Å². The van der Waals surface area contributed by atoms with Gasteiger partial charge in [0, 0.05) is 25.3 Å². The van der Waals surface area contributed by atoms with Gasteiger partial charge in [-0.2, -0.15) is 0 Å². The molecule has 138 valence electrons. The monoisotopic (exact) mass is 369 g/mol. The predicted octanol–water partition coefficient (Wildman–Crippen LogP) is 0.422. The summed E-state index contributed by atoms with van der Waals surface area (Å²) in [5.74, 6) is -0.626. The molecular formula is C16H23N3O5S. The van der Waals surface area contributed by atoms with E-state index in [1.807, 2.05) is 0 Å². The Hall–Kier alpha value is -2.13. The van der Waals surface area contributed by atoms with E-state index in [2.05, 4.69) is 10.6 Å². The number of amides is 2. The topological polar surface area (TPSA) is 105 Å². The summed E-state index contributed by atoms with van der Waals surface area (Å²) >= 11 is 0. The van der Waals surface area contributed by atoms with Gasteiger partial charge in [0.05, 0.1) is 13.4 Å². The van der Waals surface area contributed by atoms with Crippen molar-refractivity contribution in [2.75, 3.05) is 38.3 Å². The first kappa shape index (κ1) is 19.2. The molecule has 1 aliphatic heterocycles. The van der Waals surface area contributed by atoms with E-state index in [0.717, 1.165) is 0 Å². The van der Waals surface area contributed by atoms with E-state index in [1.165, 1.54) is 10.6 Å². The molecule has 8 nitrogen and oxygen atoms in total. The Bertz CT molecular complexity index is 710. The maximum Gasteiger partial charge on any atom is 0.313 e. The van der Waals surface area contributed by atoms with Gasteiger partial charge in [0.25, 0.3) is 0 Å². The third-order valence-electron chi connectivity index (χ3n) is 4.15. The molecule has 1 heterocycles. The van der Waals surface area contributed by atoms with E-state index in [9.17, 15) is 18.0 Å². The minimum absolute atomic E-state index is 0.163. The van der Waals surface area contributed by atoms with Gasteiger partial charge in [-0.3, -0.25) is 9.59 Å². The summed E-state index contributed by atoms with van der Waals surface area (Å²) in [6.45, 7) is 1.24. The zero-order chi connectivity index (χ0) is 18.4. The number of hydrogen-bond acceptors (Lipinski definition) is 5. The molecule has 1 aromatic carbocycles. The number of methoxy groups -OCH3 is 1. The summed E-state index contributed by atoms with van der Waals surface area (Å²) in [7, 11) is -1.62. The molecule has 0 saturated carbocycles. The van der Waals surface area contributed by atoms with E-state index in [1.54, 1.807) is 31.4 Å². The number of nitrogens with one attached hydrogen (secondary N) is 2. The van der Waals surface area contributed by atoms with Gasteiger partial charge in [-0.15, -0.1) is 0 Å². The second-order valence-corrected chi connectivity index (χ2v) is 7.98. The molecule has 0 bridgehead atoms. The first-order valence-electron chi connectivity index (χ1n) is 7.98. The summed E-state index contributed by atoms with van der Waals surface area (Å²) < 4.78 is 29.4. The average molecular weight is 369 g/mol. The van der Waals surface area contributed by atoms with Gasteiger partial charge < -0.3 is 15.4 Å². The van der Waals surface area contributed by atoms with Crippen molar-refractivity contribution in [3.63, 3.8) is 0 Å². The molecule has 0 aromatic heterocycles. The highest BCUT2D eigenvalue weighted by atomic mass is 32.2. The largest absolute Gasteiger partial charge is 0.497 e. The SMILES string of the molecule is COc1ccc(NC(=O)C(=O)NCC2CCN(S(C)(=O)=O)CC2)cc1. The van der Waals surface area contributed by atoms with Gasteiger partial charge in [-0.25, -0.2) is 12.7 Å². The summed E-state index contributed by atoms with van der Waals surface area (Å²) in [6, 6.07) is 6.65. The lowest BCUT2D eigenvalue weighted by Crippen LogP contribution is -2.43. The molecule has 2 rings (SSSR count). The summed E-state index contributed by atoms with van der Waals surface area (Å²) in [5, 5.41) is 5.12. The fourth-order valence-electron chi connectivity index (χ4n) is 2.62. The Morgan fingerprint density at radius 3 is 2.28 bits per heavy atom. The number of carbonyl (C=O) groups is 2. The second kappa shape index (κ2) is 8.30. The number of benzene rings is 1. The Kier molecular flexibility index (Phi) is 6.38. The highest BCUT2D eigenvalue weighted by molar-refractivity contribution is 7.88. The van der Waals surface area contributed by atoms with Gasteiger partial charge in [-0.1, -0.05) is 0 Å². The van der Waals surface area contributed by atoms with E-state index in [-0.39, 0.29) is 5.92 Å². The maximum absolute atomic E-state index is 11.9. The number of rotatable bonds is 5. The van der Waals surface area contributed by atoms with Gasteiger partial charge in [0.2, 0.25) is 10.0 Å². The molecule has 1 aromatic rings. The van der Waals surface area contributed by atoms with Crippen LogP contribution in [0.4, 0.5) is 5.69 Å². The normalized spacial score (nSPS) is 16.2. The van der Waals surface area contributed by atoms with E-state index in [0.29, 0.717) is 43.9 Å². The molecule has 1 fully saturated rings. The fraction of sp³-hybridized carbons (Fsp3) is 0.500. The Labute approximate surface area is 147 Å². The maximum atomic E-state index is 11.9. The Balaban J connectivity index is 1.75. The number of carbonyl (C=O) groups excluding carboxylic acids is 2. The fourth-order valence-corrected chi connectivity index (χ4v) is 3.50. The van der Waals surface area contributed by atoms with Crippen molar-refractivity contribution in [1.29, 1.82) is 0 Å². The molecule has 2 amide bonds. The van der Waals surface area contributed by atoms with Crippen LogP contribution in [0, 0.1) is 5.92 Å². The van der Waals surface area contributed by atoms with E-state index in [4.69, 9.17) is 4.74 Å². The molecule has 0 unspecified atom stereocenters. The van der Waals surface area contributed by atoms with Crippen molar-refractivity contribution in [2.24, 2.45) is 5.92 Å². The summed E-state index contributed by atoms with van der Waals surface area (Å²) in [4.78, 5) is 23.8. The van der Waals surface area contributed by atoms with Crippen LogP contribution in [0.15, 0.2) is 24.3 Å². The van der Waals surface area contributed by atoms with Crippen molar-refractivity contribution in [3.8, 4) is 5.75 Å². The van der Waals surface area contributed by atoms with Gasteiger partial charge in [-0.05, 0) is 43.0 Å². The molecule has 1 saturated heterocycles. The third-order valence-corrected chi connectivity index (χ3v) is 5.45. The van der Waals surface area contributed by atoms with Crippen LogP contribution in [0.2, 0.25) is 0 Å². The molecular weight excluding hydrogens is 346 g/mol. The standard InChI is InChI=1S/C16H23N3O5S/c1-24-14-5-3-13(4-6-14)18-16(21)15(20)17-11-12-7-9-19(10-8-12)25(2,22)23/h3-6,12H,7-11H2,1-2H3,(H,17,20)(H,18,21). The smallest absolute Gasteiger partial charge is 0.313 e. The number of nitrogens with zero attached hydrogens (tertiary/aromatic N) is 1. The van der Waals surface area contributed by atoms with Crippen LogP contribution in [0.1, 0.15) is 12.8 Å². The first-order valence-corrected chi connectivity index (χ1v) is 9.83. The number of piperidine rings is 1. The van der Waals surface area contributed by atoms with Crippen molar-refractivity contribution < 1.29 is 22.7 Å². The van der Waals surface area contributed by atoms with E-state index >= 15 is 0 Å². The highest BCUT2D eigenvalue weighted by Gasteiger charge is 2.25. The molecule has 0 aliphatic carbocycles. The van der Waals surface area contributed by atoms with Crippen LogP contribution < -0.4 is 15.4 Å². The second-order valence-electron chi connectivity index (χ2n) is 6.00. The van der Waals surface area contributed by atoms with Crippen molar-refractivity contribution in [2.45, 2.75) is 12.8 Å². The molecule has 9 heteroatoms. The minimum Gasteiger partial charge on any atom is -0.497 e. The quantitative estimate of drug-likeness (QED) is 0.732. The summed E-state index contributed by atoms with van der Waals surface area (Å²) in [5.41, 5.74) is 0.502. The molecule has 0 atom stereocenters. The van der Waals surface area contributed by atoms with Crippen LogP contribution in [0.25, 0.3) is 0 Å². The number of hydrogen-bond donors (Lipinski definition) is 2. The number of sulfonamides is 1. The van der Waals surface area contributed by atoms with Crippen LogP contribution in [-0.4, -0.2) is 57.5 Å². The lowest BCUT2D eigenvalue weighted by Gasteiger charge is -2.30. The molecule has 0 radical (unpaired) electrons. The van der Waals surface area contributed by atoms with Crippen LogP contribution in [0.3, 0.4) is 0 Å². The van der Waals surface area contributed by atoms with Gasteiger partial charge in [0.1, 0.15) is 5.75 Å². The van der Waals surface area contributed by atoms with Crippen LogP contribution >= 0.6 is 0 Å². The molecule has 1 aliphatic rings. The predicted molar refractivity (Wildman–Crippen MR) is 93.8 cm³/mol. The third kappa shape index (κ3) is 5.71. The lowest BCUT2D eigenvalue weighted by molar-refractivity contribution is -0.136. The van der Waals surface area contributed by atoms with Crippen LogP contribution in [-0.2, 0) is 19.6 Å². The molecule has 2 N–H and O–H groups in total. The Morgan fingerprint density at radius 2 is 1.76 bits per heavy atom. The van der Waals surface area contributed by atoms with E-state index < -0.39 is 21.8 Å². The minimum atomic E-state index is -3.16. The molecule has 0 spiro atoms. The van der Waals surface area contributed by atoms with Crippen LogP contribution in [0.5, 0.6) is 5.75 Å². The number of anilines is 1. The summed E-state index contributed by atoms with van der Waals surface area (Å²) in [6.07, 6.45) is 2.51. The lowest BCUT2D eigenvalue weighted by atomic mass is 9.98. The van der Waals surface area contributed by atoms with Crippen molar-refractivity contribution in [1.82, 2.24) is 9.62 Å².